The molecule has 1 atom stereocenters. The van der Waals surface area contributed by atoms with Gasteiger partial charge in [0.25, 0.3) is 0 Å². The number of hydrogen-bond donors (Lipinski definition) is 1. The molecule has 0 aliphatic heterocycles. The minimum Gasteiger partial charge on any atom is -0.465 e. The van der Waals surface area contributed by atoms with Crippen LogP contribution in [0.3, 0.4) is 0 Å². The molecule has 21 heavy (non-hydrogen) atoms. The van der Waals surface area contributed by atoms with Gasteiger partial charge in [0.05, 0.1) is 6.61 Å². The molecule has 1 unspecified atom stereocenters. The molecular weight excluding hydrogens is 266 g/mol. The van der Waals surface area contributed by atoms with Crippen molar-refractivity contribution in [3.63, 3.8) is 0 Å². The second-order valence-electron chi connectivity index (χ2n) is 5.09. The highest BCUT2D eigenvalue weighted by Crippen LogP contribution is 2.29. The highest BCUT2D eigenvalue weighted by molar-refractivity contribution is 5.83. The Balaban J connectivity index is 2.85. The summed E-state index contributed by atoms with van der Waals surface area (Å²) in [5.41, 5.74) is 6.03. The van der Waals surface area contributed by atoms with Crippen LogP contribution < -0.4 is 5.73 Å². The predicted octanol–water partition coefficient (Wildman–Crippen LogP) is 2.65. The van der Waals surface area contributed by atoms with Crippen LogP contribution in [0.4, 0.5) is 0 Å². The number of unbranched alkanes of at least 4 members (excludes halogenated alkanes) is 1. The lowest BCUT2D eigenvalue weighted by Crippen LogP contribution is -2.45. The molecule has 0 amide bonds. The van der Waals surface area contributed by atoms with E-state index < -0.39 is 5.41 Å². The van der Waals surface area contributed by atoms with Gasteiger partial charge in [-0.2, -0.15) is 0 Å². The number of nitrogens with two attached hydrogens (primary N) is 1. The Kier molecular flexibility index (Phi) is 8.01. The molecule has 0 radical (unpaired) electrons. The molecule has 1 aromatic rings. The Morgan fingerprint density at radius 2 is 1.90 bits per heavy atom. The summed E-state index contributed by atoms with van der Waals surface area (Å²) in [5.74, 6) is -0.266. The minimum absolute atomic E-state index is 0.215. The van der Waals surface area contributed by atoms with Gasteiger partial charge in [-0.05, 0) is 25.3 Å². The third-order valence-electron chi connectivity index (χ3n) is 3.66. The monoisotopic (exact) mass is 293 g/mol. The maximum atomic E-state index is 12.5. The molecule has 0 aliphatic rings. The van der Waals surface area contributed by atoms with Gasteiger partial charge in [0, 0.05) is 19.8 Å². The van der Waals surface area contributed by atoms with Crippen LogP contribution in [0.1, 0.15) is 38.7 Å². The number of carbonyl (C=O) groups is 1. The van der Waals surface area contributed by atoms with E-state index in [-0.39, 0.29) is 12.5 Å². The van der Waals surface area contributed by atoms with E-state index in [1.54, 1.807) is 0 Å². The maximum Gasteiger partial charge on any atom is 0.317 e. The third-order valence-corrected chi connectivity index (χ3v) is 3.66. The molecular formula is C17H27NO3. The predicted molar refractivity (Wildman–Crippen MR) is 84.2 cm³/mol. The molecule has 4 nitrogen and oxygen atoms in total. The van der Waals surface area contributed by atoms with Gasteiger partial charge in [0.15, 0.2) is 0 Å². The average Bonchev–Trinajstić information content (AvgIpc) is 2.52. The van der Waals surface area contributed by atoms with Crippen LogP contribution in [-0.4, -0.2) is 32.3 Å². The molecule has 0 heterocycles. The Morgan fingerprint density at radius 1 is 1.19 bits per heavy atom. The minimum atomic E-state index is -0.816. The van der Waals surface area contributed by atoms with Crippen molar-refractivity contribution in [1.29, 1.82) is 0 Å². The number of esters is 1. The first kappa shape index (κ1) is 17.7. The van der Waals surface area contributed by atoms with Gasteiger partial charge >= 0.3 is 5.97 Å². The SMILES string of the molecule is CCCCOCCC(CN)(C(=O)OCC)c1ccccc1. The highest BCUT2D eigenvalue weighted by atomic mass is 16.5. The van der Waals surface area contributed by atoms with Gasteiger partial charge in [0.2, 0.25) is 0 Å². The highest BCUT2D eigenvalue weighted by Gasteiger charge is 2.40. The fraction of sp³-hybridized carbons (Fsp3) is 0.588. The van der Waals surface area contributed by atoms with E-state index in [9.17, 15) is 4.79 Å². The summed E-state index contributed by atoms with van der Waals surface area (Å²) < 4.78 is 10.9. The number of ether oxygens (including phenoxy) is 2. The van der Waals surface area contributed by atoms with E-state index in [2.05, 4.69) is 6.92 Å². The van der Waals surface area contributed by atoms with Gasteiger partial charge in [-0.25, -0.2) is 0 Å². The van der Waals surface area contributed by atoms with Crippen molar-refractivity contribution in [2.45, 2.75) is 38.5 Å². The number of carbonyl (C=O) groups excluding carboxylic acids is 1. The van der Waals surface area contributed by atoms with Crippen LogP contribution in [0.15, 0.2) is 30.3 Å². The van der Waals surface area contributed by atoms with E-state index in [1.165, 1.54) is 0 Å². The van der Waals surface area contributed by atoms with Crippen LogP contribution in [-0.2, 0) is 19.7 Å². The zero-order valence-corrected chi connectivity index (χ0v) is 13.1. The van der Waals surface area contributed by atoms with E-state index in [0.717, 1.165) is 25.0 Å². The van der Waals surface area contributed by atoms with Crippen LogP contribution >= 0.6 is 0 Å². The molecule has 0 saturated heterocycles. The Hall–Kier alpha value is -1.39. The van der Waals surface area contributed by atoms with Crippen molar-refractivity contribution in [2.24, 2.45) is 5.73 Å². The molecule has 0 bridgehead atoms. The van der Waals surface area contributed by atoms with Gasteiger partial charge in [-0.1, -0.05) is 43.7 Å². The summed E-state index contributed by atoms with van der Waals surface area (Å²) in [6.07, 6.45) is 2.66. The van der Waals surface area contributed by atoms with Gasteiger partial charge in [-0.15, -0.1) is 0 Å². The van der Waals surface area contributed by atoms with E-state index >= 15 is 0 Å². The summed E-state index contributed by atoms with van der Waals surface area (Å²) in [6.45, 7) is 5.72. The van der Waals surface area contributed by atoms with Gasteiger partial charge in [0.1, 0.15) is 5.41 Å². The second-order valence-corrected chi connectivity index (χ2v) is 5.09. The molecule has 0 aromatic heterocycles. The van der Waals surface area contributed by atoms with Crippen molar-refractivity contribution in [3.05, 3.63) is 35.9 Å². The number of benzene rings is 1. The maximum absolute atomic E-state index is 12.5. The van der Waals surface area contributed by atoms with Crippen molar-refractivity contribution >= 4 is 5.97 Å². The first-order valence-corrected chi connectivity index (χ1v) is 7.71. The Bertz CT molecular complexity index is 408. The normalized spacial score (nSPS) is 13.7. The van der Waals surface area contributed by atoms with E-state index in [4.69, 9.17) is 15.2 Å². The summed E-state index contributed by atoms with van der Waals surface area (Å²) in [4.78, 5) is 12.5. The second kappa shape index (κ2) is 9.53. The van der Waals surface area contributed by atoms with Gasteiger partial charge < -0.3 is 15.2 Å². The fourth-order valence-corrected chi connectivity index (χ4v) is 2.29. The number of hydrogen-bond acceptors (Lipinski definition) is 4. The summed E-state index contributed by atoms with van der Waals surface area (Å²) in [7, 11) is 0. The standard InChI is InChI=1S/C17H27NO3/c1-3-5-12-20-13-11-17(14-18,16(19)21-4-2)15-9-7-6-8-10-15/h6-10H,3-5,11-14,18H2,1-2H3. The topological polar surface area (TPSA) is 61.5 Å². The fourth-order valence-electron chi connectivity index (χ4n) is 2.29. The summed E-state index contributed by atoms with van der Waals surface area (Å²) in [6, 6.07) is 9.60. The lowest BCUT2D eigenvalue weighted by molar-refractivity contribution is -0.150. The molecule has 4 heteroatoms. The lowest BCUT2D eigenvalue weighted by atomic mass is 9.77. The zero-order chi connectivity index (χ0) is 15.6. The Morgan fingerprint density at radius 3 is 2.48 bits per heavy atom. The quantitative estimate of drug-likeness (QED) is 0.532. The molecule has 0 spiro atoms. The average molecular weight is 293 g/mol. The van der Waals surface area contributed by atoms with Crippen LogP contribution in [0.25, 0.3) is 0 Å². The number of rotatable bonds is 10. The van der Waals surface area contributed by atoms with Crippen molar-refractivity contribution in [1.82, 2.24) is 0 Å². The molecule has 0 fully saturated rings. The van der Waals surface area contributed by atoms with E-state index in [0.29, 0.717) is 19.6 Å². The Labute approximate surface area is 127 Å². The molecule has 0 aliphatic carbocycles. The van der Waals surface area contributed by atoms with E-state index in [1.807, 2.05) is 37.3 Å². The third kappa shape index (κ3) is 4.83. The summed E-state index contributed by atoms with van der Waals surface area (Å²) in [5, 5.41) is 0. The molecule has 118 valence electrons. The lowest BCUT2D eigenvalue weighted by Gasteiger charge is -2.30. The van der Waals surface area contributed by atoms with Crippen LogP contribution in [0.2, 0.25) is 0 Å². The first-order chi connectivity index (χ1) is 10.2. The molecule has 0 saturated carbocycles. The first-order valence-electron chi connectivity index (χ1n) is 7.71. The van der Waals surface area contributed by atoms with Crippen LogP contribution in [0, 0.1) is 0 Å². The molecule has 1 rings (SSSR count). The van der Waals surface area contributed by atoms with Gasteiger partial charge in [-0.3, -0.25) is 4.79 Å². The smallest absolute Gasteiger partial charge is 0.317 e. The molecule has 2 N–H and O–H groups in total. The van der Waals surface area contributed by atoms with Crippen LogP contribution in [0.5, 0.6) is 0 Å². The molecule has 1 aromatic carbocycles. The van der Waals surface area contributed by atoms with Crippen molar-refractivity contribution < 1.29 is 14.3 Å². The van der Waals surface area contributed by atoms with Crippen molar-refractivity contribution in [2.75, 3.05) is 26.4 Å². The largest absolute Gasteiger partial charge is 0.465 e. The zero-order valence-electron chi connectivity index (χ0n) is 13.1. The summed E-state index contributed by atoms with van der Waals surface area (Å²) >= 11 is 0. The van der Waals surface area contributed by atoms with Crippen molar-refractivity contribution in [3.8, 4) is 0 Å².